The third kappa shape index (κ3) is 4.16. The predicted molar refractivity (Wildman–Crippen MR) is 93.7 cm³/mol. The SMILES string of the molecule is CC(C)[N+]1(Cc2ccccc2)CCC(c2ccccc2)CC1.[Cl-]. The third-order valence-electron chi connectivity index (χ3n) is 5.55. The summed E-state index contributed by atoms with van der Waals surface area (Å²) in [6, 6.07) is 22.8. The van der Waals surface area contributed by atoms with Crippen LogP contribution in [0.2, 0.25) is 0 Å². The average Bonchev–Trinajstić information content (AvgIpc) is 2.57. The number of hydrogen-bond donors (Lipinski definition) is 0. The minimum Gasteiger partial charge on any atom is -1.00 e. The molecule has 0 bridgehead atoms. The van der Waals surface area contributed by atoms with Crippen LogP contribution in [0.1, 0.15) is 43.7 Å². The molecule has 1 aliphatic heterocycles. The molecule has 2 aromatic carbocycles. The van der Waals surface area contributed by atoms with Crippen LogP contribution in [0.5, 0.6) is 0 Å². The van der Waals surface area contributed by atoms with Crippen LogP contribution < -0.4 is 12.4 Å². The molecule has 1 saturated heterocycles. The lowest BCUT2D eigenvalue weighted by molar-refractivity contribution is -0.964. The number of piperidine rings is 1. The van der Waals surface area contributed by atoms with Gasteiger partial charge in [-0.3, -0.25) is 0 Å². The molecule has 0 unspecified atom stereocenters. The standard InChI is InChI=1S/C21H28N.ClH/c1-18(2)22(17-19-9-5-3-6-10-19)15-13-21(14-16-22)20-11-7-4-8-12-20;/h3-12,18,21H,13-17H2,1-2H3;1H/q+1;/p-1. The van der Waals surface area contributed by atoms with E-state index in [0.717, 1.165) is 5.92 Å². The molecule has 1 nitrogen and oxygen atoms in total. The van der Waals surface area contributed by atoms with Crippen molar-refractivity contribution in [3.05, 3.63) is 71.8 Å². The van der Waals surface area contributed by atoms with Gasteiger partial charge in [-0.2, -0.15) is 0 Å². The predicted octanol–water partition coefficient (Wildman–Crippen LogP) is 1.99. The van der Waals surface area contributed by atoms with E-state index >= 15 is 0 Å². The lowest BCUT2D eigenvalue weighted by Gasteiger charge is -2.47. The zero-order valence-corrected chi connectivity index (χ0v) is 15.0. The van der Waals surface area contributed by atoms with E-state index in [2.05, 4.69) is 74.5 Å². The number of rotatable bonds is 4. The first-order chi connectivity index (χ1) is 10.7. The maximum absolute atomic E-state index is 2.39. The molecule has 0 aromatic heterocycles. The van der Waals surface area contributed by atoms with Gasteiger partial charge in [0.15, 0.2) is 0 Å². The summed E-state index contributed by atoms with van der Waals surface area (Å²) in [5.74, 6) is 0.752. The lowest BCUT2D eigenvalue weighted by atomic mass is 9.87. The zero-order chi connectivity index (χ0) is 15.4. The van der Waals surface area contributed by atoms with Gasteiger partial charge in [0.05, 0.1) is 19.1 Å². The van der Waals surface area contributed by atoms with Gasteiger partial charge in [0.2, 0.25) is 0 Å². The van der Waals surface area contributed by atoms with Crippen molar-refractivity contribution in [3.8, 4) is 0 Å². The average molecular weight is 330 g/mol. The second-order valence-corrected chi connectivity index (χ2v) is 7.09. The smallest absolute Gasteiger partial charge is 0.105 e. The number of likely N-dealkylation sites (tertiary alicyclic amines) is 1. The van der Waals surface area contributed by atoms with Gasteiger partial charge in [-0.25, -0.2) is 0 Å². The van der Waals surface area contributed by atoms with E-state index in [0.29, 0.717) is 6.04 Å². The fraction of sp³-hybridized carbons (Fsp3) is 0.429. The topological polar surface area (TPSA) is 0 Å². The molecule has 2 heteroatoms. The maximum Gasteiger partial charge on any atom is 0.105 e. The summed E-state index contributed by atoms with van der Waals surface area (Å²) in [6.45, 7) is 8.57. The number of benzene rings is 2. The second-order valence-electron chi connectivity index (χ2n) is 7.09. The lowest BCUT2D eigenvalue weighted by Crippen LogP contribution is -3.00. The van der Waals surface area contributed by atoms with Crippen molar-refractivity contribution < 1.29 is 16.9 Å². The molecule has 0 aliphatic carbocycles. The minimum absolute atomic E-state index is 0. The summed E-state index contributed by atoms with van der Waals surface area (Å²) in [4.78, 5) is 0. The van der Waals surface area contributed by atoms with Crippen molar-refractivity contribution >= 4 is 0 Å². The van der Waals surface area contributed by atoms with Crippen LogP contribution in [0.15, 0.2) is 60.7 Å². The summed E-state index contributed by atoms with van der Waals surface area (Å²) < 4.78 is 1.24. The molecule has 3 rings (SSSR count). The Kier molecular flexibility index (Phi) is 6.26. The molecule has 0 N–H and O–H groups in total. The highest BCUT2D eigenvalue weighted by Gasteiger charge is 2.36. The van der Waals surface area contributed by atoms with Gasteiger partial charge >= 0.3 is 0 Å². The Morgan fingerprint density at radius 2 is 1.39 bits per heavy atom. The normalized spacial score (nSPS) is 24.2. The summed E-state index contributed by atoms with van der Waals surface area (Å²) in [7, 11) is 0. The Morgan fingerprint density at radius 1 is 0.870 bits per heavy atom. The first-order valence-electron chi connectivity index (χ1n) is 8.64. The summed E-state index contributed by atoms with van der Waals surface area (Å²) in [6.07, 6.45) is 2.63. The van der Waals surface area contributed by atoms with Crippen molar-refractivity contribution in [2.24, 2.45) is 0 Å². The van der Waals surface area contributed by atoms with E-state index in [-0.39, 0.29) is 12.4 Å². The van der Waals surface area contributed by atoms with E-state index < -0.39 is 0 Å². The van der Waals surface area contributed by atoms with Crippen molar-refractivity contribution in [1.82, 2.24) is 0 Å². The molecule has 1 heterocycles. The zero-order valence-electron chi connectivity index (χ0n) is 14.3. The number of nitrogens with zero attached hydrogens (tertiary/aromatic N) is 1. The molecule has 2 aromatic rings. The van der Waals surface area contributed by atoms with Crippen LogP contribution in [0.4, 0.5) is 0 Å². The molecular formula is C21H28ClN. The van der Waals surface area contributed by atoms with Crippen LogP contribution in [0.3, 0.4) is 0 Å². The molecule has 23 heavy (non-hydrogen) atoms. The Hall–Kier alpha value is -1.31. The van der Waals surface area contributed by atoms with Gasteiger partial charge in [-0.05, 0) is 25.3 Å². The van der Waals surface area contributed by atoms with E-state index in [1.807, 2.05) is 0 Å². The van der Waals surface area contributed by atoms with Crippen LogP contribution in [-0.2, 0) is 6.54 Å². The van der Waals surface area contributed by atoms with Gasteiger partial charge in [0.1, 0.15) is 6.54 Å². The van der Waals surface area contributed by atoms with Crippen molar-refractivity contribution in [1.29, 1.82) is 0 Å². The highest BCUT2D eigenvalue weighted by atomic mass is 35.5. The second kappa shape index (κ2) is 7.99. The Labute approximate surface area is 147 Å². The fourth-order valence-corrected chi connectivity index (χ4v) is 3.94. The van der Waals surface area contributed by atoms with Crippen molar-refractivity contribution in [3.63, 3.8) is 0 Å². The van der Waals surface area contributed by atoms with Crippen LogP contribution in [-0.4, -0.2) is 23.6 Å². The Bertz CT molecular complexity index is 571. The molecule has 0 atom stereocenters. The molecule has 1 aliphatic rings. The highest BCUT2D eigenvalue weighted by Crippen LogP contribution is 2.34. The van der Waals surface area contributed by atoms with Gasteiger partial charge in [0.25, 0.3) is 0 Å². The molecule has 0 saturated carbocycles. The quantitative estimate of drug-likeness (QED) is 0.753. The summed E-state index contributed by atoms with van der Waals surface area (Å²) in [5, 5.41) is 0. The van der Waals surface area contributed by atoms with Crippen molar-refractivity contribution in [2.75, 3.05) is 13.1 Å². The highest BCUT2D eigenvalue weighted by molar-refractivity contribution is 5.20. The number of quaternary nitrogens is 1. The first-order valence-corrected chi connectivity index (χ1v) is 8.64. The van der Waals surface area contributed by atoms with E-state index in [1.54, 1.807) is 0 Å². The maximum atomic E-state index is 2.39. The molecule has 0 radical (unpaired) electrons. The van der Waals surface area contributed by atoms with Crippen molar-refractivity contribution in [2.45, 2.75) is 45.2 Å². The third-order valence-corrected chi connectivity index (χ3v) is 5.55. The largest absolute Gasteiger partial charge is 1.00 e. The molecule has 1 fully saturated rings. The molecule has 0 amide bonds. The van der Waals surface area contributed by atoms with Crippen LogP contribution in [0.25, 0.3) is 0 Å². The Morgan fingerprint density at radius 3 is 1.91 bits per heavy atom. The molecule has 0 spiro atoms. The van der Waals surface area contributed by atoms with E-state index in [4.69, 9.17) is 0 Å². The van der Waals surface area contributed by atoms with Gasteiger partial charge in [-0.15, -0.1) is 0 Å². The number of halogens is 1. The van der Waals surface area contributed by atoms with Gasteiger partial charge < -0.3 is 16.9 Å². The Balaban J connectivity index is 0.00000192. The number of hydrogen-bond acceptors (Lipinski definition) is 0. The van der Waals surface area contributed by atoms with E-state index in [1.165, 1.54) is 48.1 Å². The van der Waals surface area contributed by atoms with Crippen LogP contribution >= 0.6 is 0 Å². The summed E-state index contributed by atoms with van der Waals surface area (Å²) in [5.41, 5.74) is 3.01. The van der Waals surface area contributed by atoms with Gasteiger partial charge in [0, 0.05) is 18.4 Å². The van der Waals surface area contributed by atoms with Gasteiger partial charge in [-0.1, -0.05) is 60.7 Å². The molecular weight excluding hydrogens is 302 g/mol. The summed E-state index contributed by atoms with van der Waals surface area (Å²) >= 11 is 0. The minimum atomic E-state index is 0. The van der Waals surface area contributed by atoms with Crippen LogP contribution in [0, 0.1) is 0 Å². The molecule has 124 valence electrons. The fourth-order valence-electron chi connectivity index (χ4n) is 3.94. The monoisotopic (exact) mass is 329 g/mol. The van der Waals surface area contributed by atoms with E-state index in [9.17, 15) is 0 Å². The first kappa shape index (κ1) is 18.0.